The lowest BCUT2D eigenvalue weighted by atomic mass is 9.37. The molecular formula is C50H68N2O11. The van der Waals surface area contributed by atoms with Gasteiger partial charge in [0.1, 0.15) is 24.0 Å². The molecule has 6 fully saturated rings. The summed E-state index contributed by atoms with van der Waals surface area (Å²) in [5.74, 6) is 0.470. The van der Waals surface area contributed by atoms with Crippen LogP contribution in [0.4, 0.5) is 0 Å². The number of aryl methyl sites for hydroxylation is 1. The summed E-state index contributed by atoms with van der Waals surface area (Å²) in [5, 5.41) is 78.4. The first-order chi connectivity index (χ1) is 30.0. The van der Waals surface area contributed by atoms with Crippen LogP contribution in [0.25, 0.3) is 0 Å². The maximum absolute atomic E-state index is 15.1. The van der Waals surface area contributed by atoms with Crippen LogP contribution in [0, 0.1) is 63.6 Å². The molecule has 4 aliphatic heterocycles. The highest BCUT2D eigenvalue weighted by molar-refractivity contribution is 6.01. The van der Waals surface area contributed by atoms with Gasteiger partial charge in [0, 0.05) is 69.0 Å². The van der Waals surface area contributed by atoms with Crippen LogP contribution in [0.15, 0.2) is 41.5 Å². The van der Waals surface area contributed by atoms with Gasteiger partial charge >= 0.3 is 0 Å². The molecule has 17 unspecified atom stereocenters. The van der Waals surface area contributed by atoms with E-state index in [2.05, 4.69) is 24.1 Å². The van der Waals surface area contributed by atoms with Crippen LogP contribution < -0.4 is 5.32 Å². The van der Waals surface area contributed by atoms with Gasteiger partial charge in [-0.05, 0) is 112 Å². The van der Waals surface area contributed by atoms with Crippen molar-refractivity contribution in [2.24, 2.45) is 51.8 Å². The average molecular weight is 873 g/mol. The lowest BCUT2D eigenvalue weighted by Crippen LogP contribution is -2.71. The van der Waals surface area contributed by atoms with Crippen molar-refractivity contribution in [1.29, 1.82) is 0 Å². The summed E-state index contributed by atoms with van der Waals surface area (Å²) in [5.41, 5.74) is -4.21. The fourth-order valence-corrected chi connectivity index (χ4v) is 15.5. The quantitative estimate of drug-likeness (QED) is 0.0831. The number of ether oxygens (including phenoxy) is 3. The fraction of sp³-hybridized carbons (Fsp3) is 0.760. The molecule has 3 saturated carbocycles. The van der Waals surface area contributed by atoms with Crippen LogP contribution in [0.5, 0.6) is 0 Å². The molecule has 0 radical (unpaired) electrons. The van der Waals surface area contributed by atoms with E-state index in [4.69, 9.17) is 14.2 Å². The van der Waals surface area contributed by atoms with Gasteiger partial charge in [-0.25, -0.2) is 0 Å². The summed E-state index contributed by atoms with van der Waals surface area (Å²) in [7, 11) is 1.67. The lowest BCUT2D eigenvalue weighted by molar-refractivity contribution is -0.345. The predicted octanol–water partition coefficient (Wildman–Crippen LogP) is 2.62. The number of carbonyl (C=O) groups is 2. The minimum absolute atomic E-state index is 0.0424. The Morgan fingerprint density at radius 2 is 1.75 bits per heavy atom. The molecule has 9 aliphatic rings. The van der Waals surface area contributed by atoms with Gasteiger partial charge in [-0.2, -0.15) is 0 Å². The highest BCUT2D eigenvalue weighted by Gasteiger charge is 2.79. The number of benzene rings is 1. The van der Waals surface area contributed by atoms with E-state index >= 15 is 4.79 Å². The largest absolute Gasteiger partial charge is 0.396 e. The Kier molecular flexibility index (Phi) is 10.8. The SMILES string of the molecule is COCCCOC1CCC2(C)C(C1)C(=O)C1=C3C24C#CCC2CN2C(=O)C2NC(O)C5OC(C(CO)C5C2CCc2ccccc2)C(O)(O)C(C)(O)C2CC(CC1)C3(O)C2(C)CC4. The maximum Gasteiger partial charge on any atom is 0.240 e. The van der Waals surface area contributed by atoms with E-state index in [-0.39, 0.29) is 36.2 Å². The van der Waals surface area contributed by atoms with E-state index < -0.39 is 93.9 Å². The Morgan fingerprint density at radius 1 is 0.968 bits per heavy atom. The van der Waals surface area contributed by atoms with Crippen molar-refractivity contribution >= 4 is 11.7 Å². The number of allylic oxidation sites excluding steroid dienone is 1. The zero-order chi connectivity index (χ0) is 44.5. The standard InChI is InChI=1S/C50H68N2O11/c1-45-19-17-31(62-23-9-22-61-4)25-35(45)39(54)33-16-14-29-24-36-46(2)20-21-48(45,41(33)49(29,46)58)18-8-12-30-26-52(30)44(56)38-32(15-13-28-10-6-5-7-11-28)37-34(27-53)42(50(59,60)47(36,3)57)63-40(37)43(55)51-38/h5-7,10-11,29-32,34-38,40,42-43,51,53,55,57-60H,9,12-17,19-27H2,1-4H3. The number of aliphatic hydroxyl groups excluding tert-OH is 2. The summed E-state index contributed by atoms with van der Waals surface area (Å²) < 4.78 is 18.1. The first-order valence-electron chi connectivity index (χ1n) is 23.8. The molecular weight excluding hydrogens is 805 g/mol. The van der Waals surface area contributed by atoms with E-state index in [9.17, 15) is 35.4 Å². The molecule has 13 heteroatoms. The van der Waals surface area contributed by atoms with E-state index in [0.29, 0.717) is 88.7 Å². The number of methoxy groups -OCH3 is 1. The van der Waals surface area contributed by atoms with Gasteiger partial charge in [0.15, 0.2) is 5.78 Å². The molecule has 1 aromatic carbocycles. The smallest absolute Gasteiger partial charge is 0.240 e. The number of ketones is 1. The van der Waals surface area contributed by atoms with Gasteiger partial charge < -0.3 is 49.7 Å². The number of nitrogens with one attached hydrogen (secondary N) is 1. The molecule has 1 aromatic rings. The molecule has 0 spiro atoms. The van der Waals surface area contributed by atoms with Crippen molar-refractivity contribution in [3.8, 4) is 11.8 Å². The number of carbonyl (C=O) groups excluding carboxylic acids is 2. The van der Waals surface area contributed by atoms with Crippen LogP contribution >= 0.6 is 0 Å². The molecule has 1 amide bonds. The minimum atomic E-state index is -2.98. The molecule has 63 heavy (non-hydrogen) atoms. The predicted molar refractivity (Wildman–Crippen MR) is 229 cm³/mol. The number of nitrogens with zero attached hydrogens (tertiary/aromatic N) is 1. The molecule has 7 N–H and O–H groups in total. The highest BCUT2D eigenvalue weighted by atomic mass is 16.6. The third-order valence-corrected chi connectivity index (χ3v) is 19.0. The Balaban J connectivity index is 1.10. The monoisotopic (exact) mass is 872 g/mol. The second-order valence-corrected chi connectivity index (χ2v) is 21.7. The van der Waals surface area contributed by atoms with E-state index in [0.717, 1.165) is 18.4 Å². The van der Waals surface area contributed by atoms with E-state index in [1.165, 1.54) is 6.92 Å². The van der Waals surface area contributed by atoms with Gasteiger partial charge in [-0.3, -0.25) is 14.9 Å². The highest BCUT2D eigenvalue weighted by Crippen LogP contribution is 2.77. The van der Waals surface area contributed by atoms with Crippen molar-refractivity contribution in [1.82, 2.24) is 10.2 Å². The number of hydrogen-bond acceptors (Lipinski definition) is 12. The van der Waals surface area contributed by atoms with Gasteiger partial charge in [0.2, 0.25) is 11.7 Å². The Labute approximate surface area is 370 Å². The number of fused-ring (bicyclic) bond motifs is 4. The van der Waals surface area contributed by atoms with Crippen molar-refractivity contribution in [3.05, 3.63) is 47.0 Å². The summed E-state index contributed by atoms with van der Waals surface area (Å²) >= 11 is 0. The van der Waals surface area contributed by atoms with Crippen molar-refractivity contribution in [2.45, 2.75) is 151 Å². The molecule has 10 rings (SSSR count). The minimum Gasteiger partial charge on any atom is -0.396 e. The summed E-state index contributed by atoms with van der Waals surface area (Å²) in [6, 6.07) is 8.86. The van der Waals surface area contributed by atoms with Crippen LogP contribution in [-0.4, -0.2) is 134 Å². The molecule has 344 valence electrons. The Hall–Kier alpha value is -2.74. The van der Waals surface area contributed by atoms with E-state index in [1.807, 2.05) is 37.3 Å². The topological polar surface area (TPSA) is 198 Å². The lowest BCUT2D eigenvalue weighted by Gasteiger charge is -2.67. The second-order valence-electron chi connectivity index (χ2n) is 21.7. The van der Waals surface area contributed by atoms with Crippen molar-refractivity contribution in [2.75, 3.05) is 33.5 Å². The summed E-state index contributed by atoms with van der Waals surface area (Å²) in [4.78, 5) is 31.6. The Bertz CT molecular complexity index is 2080. The third kappa shape index (κ3) is 6.11. The number of aliphatic hydroxyl groups is 6. The molecule has 13 nitrogen and oxygen atoms in total. The van der Waals surface area contributed by atoms with E-state index in [1.54, 1.807) is 12.0 Å². The molecule has 0 aromatic heterocycles. The number of hydrogen-bond donors (Lipinski definition) is 7. The van der Waals surface area contributed by atoms with Crippen LogP contribution in [-0.2, 0) is 30.2 Å². The fourth-order valence-electron chi connectivity index (χ4n) is 15.5. The second kappa shape index (κ2) is 15.4. The van der Waals surface area contributed by atoms with Crippen LogP contribution in [0.3, 0.4) is 0 Å². The zero-order valence-corrected chi connectivity index (χ0v) is 37.3. The van der Waals surface area contributed by atoms with Gasteiger partial charge in [-0.1, -0.05) is 50.1 Å². The van der Waals surface area contributed by atoms with Crippen LogP contribution in [0.2, 0.25) is 0 Å². The summed E-state index contributed by atoms with van der Waals surface area (Å²) in [6.45, 7) is 6.61. The Morgan fingerprint density at radius 3 is 2.49 bits per heavy atom. The first-order valence-corrected chi connectivity index (χ1v) is 23.8. The number of rotatable bonds is 9. The maximum atomic E-state index is 15.1. The van der Waals surface area contributed by atoms with Crippen molar-refractivity contribution in [3.63, 3.8) is 0 Å². The molecule has 7 bridgehead atoms. The molecule has 4 heterocycles. The number of piperidine rings is 1. The van der Waals surface area contributed by atoms with Gasteiger partial charge in [0.25, 0.3) is 0 Å². The third-order valence-electron chi connectivity index (χ3n) is 19.0. The van der Waals surface area contributed by atoms with Gasteiger partial charge in [0.05, 0.1) is 29.2 Å². The number of Topliss-reactive ketones (excluding diaryl/α,β-unsaturated/α-hetero) is 1. The zero-order valence-electron chi connectivity index (χ0n) is 37.3. The van der Waals surface area contributed by atoms with Crippen molar-refractivity contribution < 1.29 is 54.4 Å². The summed E-state index contributed by atoms with van der Waals surface area (Å²) in [6.07, 6.45) is 2.25. The van der Waals surface area contributed by atoms with Gasteiger partial charge in [-0.15, -0.1) is 5.92 Å². The molecule has 17 atom stereocenters. The molecule has 3 saturated heterocycles. The molecule has 5 aliphatic carbocycles. The van der Waals surface area contributed by atoms with Crippen LogP contribution in [0.1, 0.15) is 97.0 Å². The average Bonchev–Trinajstić information content (AvgIpc) is 3.85. The first kappa shape index (κ1) is 44.1. The normalized spacial score (nSPS) is 48.0. The number of amides is 1.